The zero-order chi connectivity index (χ0) is 36.8. The van der Waals surface area contributed by atoms with Gasteiger partial charge >= 0.3 is 12.1 Å². The molecular weight excluding hydrogens is 713 g/mol. The molecule has 12 nitrogen and oxygen atoms in total. The summed E-state index contributed by atoms with van der Waals surface area (Å²) in [5.41, 5.74) is 2.25. The van der Waals surface area contributed by atoms with Gasteiger partial charge in [-0.3, -0.25) is 14.6 Å². The molecule has 14 heteroatoms. The molecule has 3 aromatic carbocycles. The minimum atomic E-state index is -0.915. The molecule has 272 valence electrons. The van der Waals surface area contributed by atoms with Crippen molar-refractivity contribution in [2.75, 3.05) is 38.8 Å². The summed E-state index contributed by atoms with van der Waals surface area (Å²) < 4.78 is 28.6. The van der Waals surface area contributed by atoms with Crippen LogP contribution in [0.3, 0.4) is 0 Å². The molecule has 0 N–H and O–H groups in total. The second kappa shape index (κ2) is 16.5. The first-order chi connectivity index (χ1) is 25.1. The molecule has 3 aliphatic heterocycles. The highest BCUT2D eigenvalue weighted by atomic mass is 35.5. The molecule has 0 aliphatic carbocycles. The van der Waals surface area contributed by atoms with Gasteiger partial charge in [-0.25, -0.2) is 9.59 Å². The van der Waals surface area contributed by atoms with Gasteiger partial charge in [-0.2, -0.15) is 4.73 Å². The fourth-order valence-corrected chi connectivity index (χ4v) is 7.25. The second-order valence-corrected chi connectivity index (χ2v) is 13.4. The summed E-state index contributed by atoms with van der Waals surface area (Å²) in [4.78, 5) is 42.5. The van der Waals surface area contributed by atoms with E-state index < -0.39 is 18.2 Å². The number of rotatable bonds is 13. The standard InChI is InChI=1S/C38H37Cl2N3O9/c1-48-33-10-9-26(16-35(33)49-2)34(18-30-31(39)20-42(47)21-32(30)40)51-37(45)27-6-3-5-24(15-27)19-43(28-7-4-8-29(17-28)50-23-44)38(46)52-36-22-41-13-11-25(36)12-14-41/h3-10,15-17,20-21,23,25,34,36H,11-14,18-19,22H2,1-2H3/t34-,36-/m0/s1. The van der Waals surface area contributed by atoms with E-state index in [-0.39, 0.29) is 40.4 Å². The van der Waals surface area contributed by atoms with E-state index >= 15 is 0 Å². The predicted octanol–water partition coefficient (Wildman–Crippen LogP) is 6.56. The Balaban J connectivity index is 1.27. The lowest BCUT2D eigenvalue weighted by atomic mass is 9.86. The third-order valence-electron chi connectivity index (χ3n) is 9.36. The zero-order valence-corrected chi connectivity index (χ0v) is 30.0. The van der Waals surface area contributed by atoms with Gasteiger partial charge in [0.2, 0.25) is 0 Å². The maximum absolute atomic E-state index is 13.9. The van der Waals surface area contributed by atoms with E-state index in [0.29, 0.717) is 57.5 Å². The summed E-state index contributed by atoms with van der Waals surface area (Å²) in [5, 5.41) is 12.2. The molecule has 3 fully saturated rings. The van der Waals surface area contributed by atoms with Crippen LogP contribution in [0, 0.1) is 11.1 Å². The fourth-order valence-electron chi connectivity index (χ4n) is 6.65. The molecule has 3 aliphatic rings. The van der Waals surface area contributed by atoms with E-state index in [0.717, 1.165) is 25.9 Å². The Morgan fingerprint density at radius 3 is 2.38 bits per heavy atom. The SMILES string of the molecule is COc1ccc([C@H](Cc2c(Cl)c[n+]([O-])cc2Cl)OC(=O)c2cccc(CN(C(=O)O[C@H]3CN4CCC3CC4)c3cccc(OC=O)c3)c2)cc1OC. The monoisotopic (exact) mass is 749 g/mol. The number of fused-ring (bicyclic) bond motifs is 3. The highest BCUT2D eigenvalue weighted by Gasteiger charge is 2.37. The van der Waals surface area contributed by atoms with Crippen LogP contribution in [0.25, 0.3) is 0 Å². The van der Waals surface area contributed by atoms with Crippen LogP contribution in [0.2, 0.25) is 10.0 Å². The average molecular weight is 751 g/mol. The maximum atomic E-state index is 13.9. The number of ether oxygens (including phenoxy) is 5. The minimum Gasteiger partial charge on any atom is -0.619 e. The lowest BCUT2D eigenvalue weighted by molar-refractivity contribution is -0.605. The quantitative estimate of drug-likeness (QED) is 0.0641. The summed E-state index contributed by atoms with van der Waals surface area (Å²) in [6.45, 7) is 3.02. The molecule has 0 saturated carbocycles. The number of carbonyl (C=O) groups excluding carboxylic acids is 3. The Kier molecular flexibility index (Phi) is 11.7. The molecule has 2 bridgehead atoms. The number of aromatic nitrogens is 1. The predicted molar refractivity (Wildman–Crippen MR) is 192 cm³/mol. The van der Waals surface area contributed by atoms with Gasteiger partial charge in [0.1, 0.15) is 28.0 Å². The molecular formula is C38H37Cl2N3O9. The van der Waals surface area contributed by atoms with Crippen LogP contribution in [0.15, 0.2) is 79.1 Å². The van der Waals surface area contributed by atoms with E-state index in [1.807, 2.05) is 0 Å². The van der Waals surface area contributed by atoms with Gasteiger partial charge in [-0.15, -0.1) is 0 Å². The number of methoxy groups -OCH3 is 2. The number of halogens is 2. The summed E-state index contributed by atoms with van der Waals surface area (Å²) in [7, 11) is 3.01. The number of hydrogen-bond acceptors (Lipinski definition) is 10. The molecule has 4 heterocycles. The number of nitrogens with zero attached hydrogens (tertiary/aromatic N) is 3. The van der Waals surface area contributed by atoms with Gasteiger partial charge < -0.3 is 28.9 Å². The van der Waals surface area contributed by atoms with Crippen LogP contribution < -0.4 is 23.8 Å². The second-order valence-electron chi connectivity index (χ2n) is 12.6. The first kappa shape index (κ1) is 36.7. The van der Waals surface area contributed by atoms with E-state index in [2.05, 4.69) is 4.90 Å². The molecule has 0 spiro atoms. The maximum Gasteiger partial charge on any atom is 0.414 e. The Morgan fingerprint density at radius 2 is 1.71 bits per heavy atom. The van der Waals surface area contributed by atoms with Gasteiger partial charge in [0.05, 0.1) is 32.0 Å². The Morgan fingerprint density at radius 1 is 0.981 bits per heavy atom. The Bertz CT molecular complexity index is 1910. The normalized spacial score (nSPS) is 18.2. The van der Waals surface area contributed by atoms with Gasteiger partial charge in [-0.1, -0.05) is 47.5 Å². The van der Waals surface area contributed by atoms with Crippen LogP contribution in [0.5, 0.6) is 17.2 Å². The van der Waals surface area contributed by atoms with Gasteiger partial charge in [-0.05, 0) is 79.4 Å². The van der Waals surface area contributed by atoms with Crippen LogP contribution in [0.1, 0.15) is 46.0 Å². The fraction of sp³-hybridized carbons (Fsp3) is 0.316. The van der Waals surface area contributed by atoms with E-state index in [4.69, 9.17) is 46.9 Å². The third kappa shape index (κ3) is 8.52. The molecule has 4 aromatic rings. The smallest absolute Gasteiger partial charge is 0.414 e. The number of benzene rings is 3. The van der Waals surface area contributed by atoms with Crippen molar-refractivity contribution in [1.29, 1.82) is 0 Å². The van der Waals surface area contributed by atoms with Crippen molar-refractivity contribution >= 4 is 47.4 Å². The van der Waals surface area contributed by atoms with Crippen molar-refractivity contribution in [2.45, 2.75) is 38.0 Å². The van der Waals surface area contributed by atoms with E-state index in [1.165, 1.54) is 31.5 Å². The molecule has 1 amide bonds. The molecule has 1 aromatic heterocycles. The summed E-state index contributed by atoms with van der Waals surface area (Å²) in [6, 6.07) is 18.4. The highest BCUT2D eigenvalue weighted by Crippen LogP contribution is 2.36. The van der Waals surface area contributed by atoms with Crippen LogP contribution >= 0.6 is 23.2 Å². The molecule has 0 radical (unpaired) electrons. The van der Waals surface area contributed by atoms with Crippen molar-refractivity contribution in [1.82, 2.24) is 4.90 Å². The number of carbonyl (C=O) groups is 3. The minimum absolute atomic E-state index is 0.0368. The van der Waals surface area contributed by atoms with Crippen molar-refractivity contribution in [3.63, 3.8) is 0 Å². The third-order valence-corrected chi connectivity index (χ3v) is 10.0. The number of hydrogen-bond donors (Lipinski definition) is 0. The number of pyridine rings is 1. The average Bonchev–Trinajstić information content (AvgIpc) is 3.15. The largest absolute Gasteiger partial charge is 0.619 e. The van der Waals surface area contributed by atoms with Gasteiger partial charge in [0.25, 0.3) is 6.47 Å². The Labute approximate surface area is 310 Å². The van der Waals surface area contributed by atoms with E-state index in [9.17, 15) is 19.6 Å². The molecule has 3 saturated heterocycles. The van der Waals surface area contributed by atoms with Crippen molar-refractivity contribution in [3.8, 4) is 17.2 Å². The lowest BCUT2D eigenvalue weighted by Gasteiger charge is -2.44. The number of amides is 1. The first-order valence-electron chi connectivity index (χ1n) is 16.6. The molecule has 52 heavy (non-hydrogen) atoms. The van der Waals surface area contributed by atoms with Crippen molar-refractivity contribution < 1.29 is 42.8 Å². The van der Waals surface area contributed by atoms with E-state index in [1.54, 1.807) is 66.7 Å². The summed E-state index contributed by atoms with van der Waals surface area (Å²) in [6.07, 6.45) is 2.61. The first-order valence-corrected chi connectivity index (χ1v) is 17.4. The van der Waals surface area contributed by atoms with Gasteiger partial charge in [0.15, 0.2) is 23.9 Å². The molecule has 7 rings (SSSR count). The summed E-state index contributed by atoms with van der Waals surface area (Å²) in [5.74, 6) is 0.784. The lowest BCUT2D eigenvalue weighted by Crippen LogP contribution is -2.53. The van der Waals surface area contributed by atoms with Crippen molar-refractivity contribution in [2.24, 2.45) is 5.92 Å². The molecule has 0 unspecified atom stereocenters. The number of esters is 1. The van der Waals surface area contributed by atoms with Crippen LogP contribution in [-0.4, -0.2) is 63.4 Å². The van der Waals surface area contributed by atoms with Gasteiger partial charge in [0, 0.05) is 24.6 Å². The number of anilines is 1. The number of piperidine rings is 3. The highest BCUT2D eigenvalue weighted by molar-refractivity contribution is 6.35. The molecule has 2 atom stereocenters. The van der Waals surface area contributed by atoms with Crippen LogP contribution in [0.4, 0.5) is 10.5 Å². The Hall–Kier alpha value is -5.04. The zero-order valence-electron chi connectivity index (χ0n) is 28.5. The van der Waals surface area contributed by atoms with Crippen LogP contribution in [-0.2, 0) is 27.2 Å². The summed E-state index contributed by atoms with van der Waals surface area (Å²) >= 11 is 12.8. The van der Waals surface area contributed by atoms with Crippen molar-refractivity contribution in [3.05, 3.63) is 117 Å². The topological polar surface area (TPSA) is 131 Å².